The van der Waals surface area contributed by atoms with Gasteiger partial charge < -0.3 is 9.47 Å². The van der Waals surface area contributed by atoms with E-state index < -0.39 is 0 Å². The summed E-state index contributed by atoms with van der Waals surface area (Å²) in [5.41, 5.74) is 3.38. The lowest BCUT2D eigenvalue weighted by Crippen LogP contribution is -2.53. The van der Waals surface area contributed by atoms with E-state index in [1.807, 2.05) is 0 Å². The molecule has 4 atom stereocenters. The predicted molar refractivity (Wildman–Crippen MR) is 112 cm³/mol. The van der Waals surface area contributed by atoms with Crippen LogP contribution in [0.15, 0.2) is 11.1 Å². The second-order valence-corrected chi connectivity index (χ2v) is 10.00. The Bertz CT molecular complexity index is 618. The number of carbonyl (C=O) groups is 2. The van der Waals surface area contributed by atoms with Gasteiger partial charge in [0, 0.05) is 19.3 Å². The van der Waals surface area contributed by atoms with Gasteiger partial charge in [-0.25, -0.2) is 0 Å². The van der Waals surface area contributed by atoms with Crippen molar-refractivity contribution in [2.24, 2.45) is 22.7 Å². The first-order valence-electron chi connectivity index (χ1n) is 11.0. The van der Waals surface area contributed by atoms with Gasteiger partial charge in [-0.1, -0.05) is 38.8 Å². The molecular weight excluding hydrogens is 352 g/mol. The number of ether oxygens (including phenoxy) is 2. The van der Waals surface area contributed by atoms with Gasteiger partial charge in [0.2, 0.25) is 0 Å². The molecule has 160 valence electrons. The average molecular weight is 393 g/mol. The van der Waals surface area contributed by atoms with E-state index in [9.17, 15) is 9.59 Å². The molecule has 0 amide bonds. The van der Waals surface area contributed by atoms with E-state index in [0.29, 0.717) is 18.4 Å². The maximum Gasteiger partial charge on any atom is 0.302 e. The molecule has 0 N–H and O–H groups in total. The van der Waals surface area contributed by atoms with Crippen LogP contribution in [-0.4, -0.2) is 24.6 Å². The molecule has 2 rings (SSSR count). The molecule has 0 aromatic carbocycles. The fourth-order valence-electron chi connectivity index (χ4n) is 5.92. The van der Waals surface area contributed by atoms with E-state index in [1.165, 1.54) is 20.3 Å². The molecule has 0 saturated heterocycles. The molecule has 0 aromatic heterocycles. The molecule has 0 heterocycles. The molecule has 2 aliphatic rings. The van der Waals surface area contributed by atoms with Crippen LogP contribution in [0.25, 0.3) is 0 Å². The SMILES string of the molecule is CC(=O)OCC[C@@H](C)CCC1=C(C)CCC2C(C)(C)[C@@H](OC(C)=O)CC[C@]12C. The van der Waals surface area contributed by atoms with Gasteiger partial charge in [0.05, 0.1) is 6.61 Å². The average Bonchev–Trinajstić information content (AvgIpc) is 2.56. The Morgan fingerprint density at radius 3 is 2.39 bits per heavy atom. The summed E-state index contributed by atoms with van der Waals surface area (Å²) in [4.78, 5) is 22.6. The monoisotopic (exact) mass is 392 g/mol. The molecule has 0 aliphatic heterocycles. The second-order valence-electron chi connectivity index (χ2n) is 10.00. The van der Waals surface area contributed by atoms with Crippen LogP contribution < -0.4 is 0 Å². The molecule has 0 spiro atoms. The van der Waals surface area contributed by atoms with E-state index >= 15 is 0 Å². The third-order valence-electron chi connectivity index (χ3n) is 7.55. The molecule has 1 saturated carbocycles. The first-order chi connectivity index (χ1) is 13.0. The van der Waals surface area contributed by atoms with Gasteiger partial charge in [0.15, 0.2) is 0 Å². The summed E-state index contributed by atoms with van der Waals surface area (Å²) >= 11 is 0. The highest BCUT2D eigenvalue weighted by molar-refractivity contribution is 5.66. The molecule has 4 heteroatoms. The Hall–Kier alpha value is -1.32. The fraction of sp³-hybridized carbons (Fsp3) is 0.833. The number of esters is 2. The van der Waals surface area contributed by atoms with Crippen molar-refractivity contribution in [3.8, 4) is 0 Å². The summed E-state index contributed by atoms with van der Waals surface area (Å²) in [6.07, 6.45) is 7.55. The zero-order valence-corrected chi connectivity index (χ0v) is 19.0. The summed E-state index contributed by atoms with van der Waals surface area (Å²) < 4.78 is 10.8. The van der Waals surface area contributed by atoms with Crippen LogP contribution >= 0.6 is 0 Å². The first kappa shape index (κ1) is 23.0. The Labute approximate surface area is 171 Å². The first-order valence-corrected chi connectivity index (χ1v) is 11.0. The topological polar surface area (TPSA) is 52.6 Å². The third kappa shape index (κ3) is 4.99. The number of fused-ring (bicyclic) bond motifs is 1. The number of carbonyl (C=O) groups excluding carboxylic acids is 2. The van der Waals surface area contributed by atoms with Gasteiger partial charge in [-0.15, -0.1) is 0 Å². The number of hydrogen-bond donors (Lipinski definition) is 0. The Kier molecular flexibility index (Phi) is 7.38. The van der Waals surface area contributed by atoms with E-state index in [2.05, 4.69) is 34.6 Å². The van der Waals surface area contributed by atoms with E-state index in [0.717, 1.165) is 38.5 Å². The molecule has 1 fully saturated rings. The highest BCUT2D eigenvalue weighted by atomic mass is 16.5. The van der Waals surface area contributed by atoms with Crippen LogP contribution in [0.5, 0.6) is 0 Å². The molecule has 0 bridgehead atoms. The van der Waals surface area contributed by atoms with Gasteiger partial charge in [-0.2, -0.15) is 0 Å². The van der Waals surface area contributed by atoms with Gasteiger partial charge in [0.25, 0.3) is 0 Å². The summed E-state index contributed by atoms with van der Waals surface area (Å²) in [5, 5.41) is 0. The molecule has 4 nitrogen and oxygen atoms in total. The van der Waals surface area contributed by atoms with Crippen molar-refractivity contribution >= 4 is 11.9 Å². The lowest BCUT2D eigenvalue weighted by atomic mass is 9.49. The minimum absolute atomic E-state index is 0.00837. The minimum Gasteiger partial charge on any atom is -0.466 e. The highest BCUT2D eigenvalue weighted by Crippen LogP contribution is 2.61. The van der Waals surface area contributed by atoms with E-state index in [1.54, 1.807) is 11.1 Å². The van der Waals surface area contributed by atoms with Gasteiger partial charge >= 0.3 is 11.9 Å². The molecule has 0 radical (unpaired) electrons. The predicted octanol–water partition coefficient (Wildman–Crippen LogP) is 5.84. The second kappa shape index (κ2) is 9.00. The zero-order chi connectivity index (χ0) is 21.1. The zero-order valence-electron chi connectivity index (χ0n) is 19.0. The number of allylic oxidation sites excluding steroid dienone is 2. The lowest BCUT2D eigenvalue weighted by molar-refractivity contribution is -0.166. The van der Waals surface area contributed by atoms with E-state index in [4.69, 9.17) is 9.47 Å². The van der Waals surface area contributed by atoms with Crippen molar-refractivity contribution < 1.29 is 19.1 Å². The molecular formula is C24H40O4. The van der Waals surface area contributed by atoms with Crippen LogP contribution in [0.2, 0.25) is 0 Å². The lowest BCUT2D eigenvalue weighted by Gasteiger charge is -2.57. The van der Waals surface area contributed by atoms with Crippen LogP contribution in [0.4, 0.5) is 0 Å². The largest absolute Gasteiger partial charge is 0.466 e. The fourth-order valence-corrected chi connectivity index (χ4v) is 5.92. The summed E-state index contributed by atoms with van der Waals surface area (Å²) in [5.74, 6) is 0.716. The van der Waals surface area contributed by atoms with Gasteiger partial charge in [0.1, 0.15) is 6.10 Å². The van der Waals surface area contributed by atoms with Gasteiger partial charge in [-0.3, -0.25) is 9.59 Å². The van der Waals surface area contributed by atoms with Crippen molar-refractivity contribution in [3.63, 3.8) is 0 Å². The highest BCUT2D eigenvalue weighted by Gasteiger charge is 2.54. The van der Waals surface area contributed by atoms with Crippen molar-refractivity contribution in [1.29, 1.82) is 0 Å². The Balaban J connectivity index is 2.09. The quantitative estimate of drug-likeness (QED) is 0.403. The smallest absolute Gasteiger partial charge is 0.302 e. The maximum atomic E-state index is 11.6. The van der Waals surface area contributed by atoms with E-state index in [-0.39, 0.29) is 28.9 Å². The molecule has 2 aliphatic carbocycles. The van der Waals surface area contributed by atoms with Crippen LogP contribution in [-0.2, 0) is 19.1 Å². The summed E-state index contributed by atoms with van der Waals surface area (Å²) in [7, 11) is 0. The number of rotatable bonds is 7. The van der Waals surface area contributed by atoms with Crippen molar-refractivity contribution in [2.75, 3.05) is 6.61 Å². The maximum absolute atomic E-state index is 11.6. The van der Waals surface area contributed by atoms with Crippen molar-refractivity contribution in [2.45, 2.75) is 99.5 Å². The van der Waals surface area contributed by atoms with Crippen molar-refractivity contribution in [1.82, 2.24) is 0 Å². The van der Waals surface area contributed by atoms with Crippen LogP contribution in [0.3, 0.4) is 0 Å². The molecule has 28 heavy (non-hydrogen) atoms. The number of hydrogen-bond acceptors (Lipinski definition) is 4. The summed E-state index contributed by atoms with van der Waals surface area (Å²) in [6, 6.07) is 0. The third-order valence-corrected chi connectivity index (χ3v) is 7.55. The van der Waals surface area contributed by atoms with Crippen molar-refractivity contribution in [3.05, 3.63) is 11.1 Å². The molecule has 1 unspecified atom stereocenters. The van der Waals surface area contributed by atoms with Crippen LogP contribution in [0.1, 0.15) is 93.4 Å². The minimum atomic E-state index is -0.194. The summed E-state index contributed by atoms with van der Waals surface area (Å²) in [6.45, 7) is 15.1. The standard InChI is InChI=1S/C24H40O4/c1-16(13-15-27-18(3)25)8-10-20-17(2)9-11-21-23(5,6)22(28-19(4)26)12-14-24(20,21)7/h16,21-22H,8-15H2,1-7H3/t16-,21?,22-,24+/m0/s1. The normalized spacial score (nSPS) is 30.4. The molecule has 0 aromatic rings. The Morgan fingerprint density at radius 1 is 1.11 bits per heavy atom. The van der Waals surface area contributed by atoms with Gasteiger partial charge in [-0.05, 0) is 69.1 Å². The Morgan fingerprint density at radius 2 is 1.79 bits per heavy atom. The van der Waals surface area contributed by atoms with Crippen LogP contribution in [0, 0.1) is 22.7 Å².